The molecule has 2 unspecified atom stereocenters. The van der Waals surface area contributed by atoms with Gasteiger partial charge in [-0.15, -0.1) is 0 Å². The summed E-state index contributed by atoms with van der Waals surface area (Å²) in [5, 5.41) is 2.51. The lowest BCUT2D eigenvalue weighted by Gasteiger charge is -2.33. The Bertz CT molecular complexity index is 840. The normalized spacial score (nSPS) is 25.3. The van der Waals surface area contributed by atoms with Crippen molar-refractivity contribution in [2.75, 3.05) is 0 Å². The van der Waals surface area contributed by atoms with E-state index in [-0.39, 0.29) is 36.4 Å². The van der Waals surface area contributed by atoms with Crippen LogP contribution in [0.2, 0.25) is 0 Å². The number of aromatic nitrogens is 1. The summed E-state index contributed by atoms with van der Waals surface area (Å²) in [5.41, 5.74) is 5.50. The van der Waals surface area contributed by atoms with Crippen LogP contribution in [0.15, 0.2) is 18.3 Å². The van der Waals surface area contributed by atoms with Gasteiger partial charge in [0.15, 0.2) is 0 Å². The Kier molecular flexibility index (Phi) is 6.71. The third-order valence-electron chi connectivity index (χ3n) is 5.82. The van der Waals surface area contributed by atoms with E-state index in [9.17, 15) is 27.6 Å². The standard InChI is InChI=1S/C20H25F3N4O4/c1-11(20(21,22)23)4-9-15-18(29)27(19(30)26-15)12-5-7-13(8-6-12)31-17-14(16(24)28)3-2-10-25-17/h2-3,10-13,15H,4-9H2,1H3,(H2,24,28)(H,26,30). The second-order valence-electron chi connectivity index (χ2n) is 8.00. The van der Waals surface area contributed by atoms with Gasteiger partial charge in [0.1, 0.15) is 17.7 Å². The van der Waals surface area contributed by atoms with E-state index in [1.807, 2.05) is 0 Å². The number of rotatable bonds is 7. The van der Waals surface area contributed by atoms with Gasteiger partial charge in [-0.3, -0.25) is 14.5 Å². The molecule has 4 amide bonds. The Hall–Kier alpha value is -2.85. The van der Waals surface area contributed by atoms with E-state index in [1.54, 1.807) is 6.07 Å². The summed E-state index contributed by atoms with van der Waals surface area (Å²) in [4.78, 5) is 41.6. The average molecular weight is 442 g/mol. The number of carbonyl (C=O) groups is 3. The molecule has 1 saturated heterocycles. The predicted molar refractivity (Wildman–Crippen MR) is 103 cm³/mol. The monoisotopic (exact) mass is 442 g/mol. The van der Waals surface area contributed by atoms with Crippen molar-refractivity contribution in [3.63, 3.8) is 0 Å². The van der Waals surface area contributed by atoms with Crippen molar-refractivity contribution in [1.29, 1.82) is 0 Å². The highest BCUT2D eigenvalue weighted by atomic mass is 19.4. The number of imide groups is 1. The van der Waals surface area contributed by atoms with Gasteiger partial charge in [0.05, 0.1) is 5.92 Å². The molecule has 0 radical (unpaired) electrons. The van der Waals surface area contributed by atoms with Crippen molar-refractivity contribution in [1.82, 2.24) is 15.2 Å². The molecule has 11 heteroatoms. The highest BCUT2D eigenvalue weighted by Gasteiger charge is 2.44. The number of nitrogens with two attached hydrogens (primary N) is 1. The van der Waals surface area contributed by atoms with Crippen LogP contribution in [0.1, 0.15) is 55.8 Å². The van der Waals surface area contributed by atoms with E-state index in [0.29, 0.717) is 25.7 Å². The van der Waals surface area contributed by atoms with Gasteiger partial charge in [-0.05, 0) is 50.7 Å². The number of amides is 4. The molecule has 0 aromatic carbocycles. The summed E-state index contributed by atoms with van der Waals surface area (Å²) in [6.07, 6.45) is -1.39. The predicted octanol–water partition coefficient (Wildman–Crippen LogP) is 2.77. The lowest BCUT2D eigenvalue weighted by Crippen LogP contribution is -2.44. The number of ether oxygens (including phenoxy) is 1. The summed E-state index contributed by atoms with van der Waals surface area (Å²) in [6, 6.07) is 1.24. The number of carbonyl (C=O) groups excluding carboxylic acids is 3. The minimum absolute atomic E-state index is 0.0597. The molecule has 3 N–H and O–H groups in total. The van der Waals surface area contributed by atoms with Crippen LogP contribution >= 0.6 is 0 Å². The van der Waals surface area contributed by atoms with Crippen molar-refractivity contribution in [3.05, 3.63) is 23.9 Å². The van der Waals surface area contributed by atoms with Crippen LogP contribution in [-0.2, 0) is 4.79 Å². The largest absolute Gasteiger partial charge is 0.474 e. The van der Waals surface area contributed by atoms with Gasteiger partial charge >= 0.3 is 12.2 Å². The number of nitrogens with zero attached hydrogens (tertiary/aromatic N) is 2. The molecular weight excluding hydrogens is 417 g/mol. The van der Waals surface area contributed by atoms with Gasteiger partial charge in [0, 0.05) is 12.2 Å². The SMILES string of the molecule is CC(CCC1NC(=O)N(C2CCC(Oc3ncccc3C(N)=O)CC2)C1=O)C(F)(F)F. The summed E-state index contributed by atoms with van der Waals surface area (Å²) < 4.78 is 43.9. The number of hydrogen-bond donors (Lipinski definition) is 2. The maximum absolute atomic E-state index is 12.7. The fraction of sp³-hybridized carbons (Fsp3) is 0.600. The maximum atomic E-state index is 12.7. The number of urea groups is 1. The van der Waals surface area contributed by atoms with Gasteiger partial charge in [-0.25, -0.2) is 9.78 Å². The van der Waals surface area contributed by atoms with Gasteiger partial charge in [-0.2, -0.15) is 13.2 Å². The maximum Gasteiger partial charge on any atom is 0.391 e. The summed E-state index contributed by atoms with van der Waals surface area (Å²) in [7, 11) is 0. The van der Waals surface area contributed by atoms with Gasteiger partial charge in [0.2, 0.25) is 5.88 Å². The summed E-state index contributed by atoms with van der Waals surface area (Å²) in [5.74, 6) is -2.53. The lowest BCUT2D eigenvalue weighted by molar-refractivity contribution is -0.171. The first-order chi connectivity index (χ1) is 14.6. The molecule has 2 fully saturated rings. The average Bonchev–Trinajstić information content (AvgIpc) is 2.99. The molecule has 0 bridgehead atoms. The second kappa shape index (κ2) is 9.11. The molecule has 3 rings (SSSR count). The van der Waals surface area contributed by atoms with Crippen LogP contribution in [0.25, 0.3) is 0 Å². The Morgan fingerprint density at radius 3 is 2.61 bits per heavy atom. The van der Waals surface area contributed by atoms with E-state index >= 15 is 0 Å². The molecule has 2 heterocycles. The zero-order valence-electron chi connectivity index (χ0n) is 17.0. The highest BCUT2D eigenvalue weighted by molar-refractivity contribution is 6.04. The topological polar surface area (TPSA) is 115 Å². The number of hydrogen-bond acceptors (Lipinski definition) is 5. The van der Waals surface area contributed by atoms with Crippen LogP contribution < -0.4 is 15.8 Å². The lowest BCUT2D eigenvalue weighted by atomic mass is 9.91. The Morgan fingerprint density at radius 1 is 1.32 bits per heavy atom. The van der Waals surface area contributed by atoms with Crippen LogP contribution in [0.4, 0.5) is 18.0 Å². The van der Waals surface area contributed by atoms with Crippen molar-refractivity contribution in [3.8, 4) is 5.88 Å². The molecule has 1 saturated carbocycles. The Morgan fingerprint density at radius 2 is 2.00 bits per heavy atom. The van der Waals surface area contributed by atoms with Crippen LogP contribution in [0.3, 0.4) is 0 Å². The Labute approximate surface area is 177 Å². The van der Waals surface area contributed by atoms with Crippen LogP contribution in [0, 0.1) is 5.92 Å². The van der Waals surface area contributed by atoms with Crippen molar-refractivity contribution in [2.45, 2.75) is 69.8 Å². The number of alkyl halides is 3. The molecule has 170 valence electrons. The van der Waals surface area contributed by atoms with Gasteiger partial charge in [-0.1, -0.05) is 6.92 Å². The highest BCUT2D eigenvalue weighted by Crippen LogP contribution is 2.32. The molecule has 1 aromatic rings. The quantitative estimate of drug-likeness (QED) is 0.630. The number of halogens is 3. The smallest absolute Gasteiger partial charge is 0.391 e. The molecule has 31 heavy (non-hydrogen) atoms. The van der Waals surface area contributed by atoms with E-state index in [4.69, 9.17) is 10.5 Å². The van der Waals surface area contributed by atoms with E-state index in [2.05, 4.69) is 10.3 Å². The van der Waals surface area contributed by atoms with E-state index in [1.165, 1.54) is 12.3 Å². The van der Waals surface area contributed by atoms with Crippen LogP contribution in [-0.4, -0.2) is 52.1 Å². The van der Waals surface area contributed by atoms with Crippen molar-refractivity contribution >= 4 is 17.8 Å². The minimum Gasteiger partial charge on any atom is -0.474 e. The Balaban J connectivity index is 1.54. The fourth-order valence-corrected chi connectivity index (χ4v) is 3.92. The number of nitrogens with one attached hydrogen (secondary N) is 1. The fourth-order valence-electron chi connectivity index (χ4n) is 3.92. The number of pyridine rings is 1. The minimum atomic E-state index is -4.33. The first-order valence-electron chi connectivity index (χ1n) is 10.2. The molecule has 1 aliphatic heterocycles. The number of primary amides is 1. The first kappa shape index (κ1) is 22.8. The zero-order valence-corrected chi connectivity index (χ0v) is 17.0. The van der Waals surface area contributed by atoms with Crippen molar-refractivity contribution in [2.24, 2.45) is 11.7 Å². The molecule has 1 aliphatic carbocycles. The summed E-state index contributed by atoms with van der Waals surface area (Å²) in [6.45, 7) is 1.06. The molecule has 0 spiro atoms. The van der Waals surface area contributed by atoms with Gasteiger partial charge < -0.3 is 15.8 Å². The van der Waals surface area contributed by atoms with Gasteiger partial charge in [0.25, 0.3) is 11.8 Å². The molecular formula is C20H25F3N4O4. The van der Waals surface area contributed by atoms with E-state index in [0.717, 1.165) is 11.8 Å². The van der Waals surface area contributed by atoms with Crippen LogP contribution in [0.5, 0.6) is 5.88 Å². The molecule has 2 atom stereocenters. The second-order valence-corrected chi connectivity index (χ2v) is 8.00. The molecule has 8 nitrogen and oxygen atoms in total. The third kappa shape index (κ3) is 5.26. The van der Waals surface area contributed by atoms with Crippen molar-refractivity contribution < 1.29 is 32.3 Å². The zero-order chi connectivity index (χ0) is 22.8. The van der Waals surface area contributed by atoms with E-state index < -0.39 is 36.0 Å². The third-order valence-corrected chi connectivity index (χ3v) is 5.82. The molecule has 2 aliphatic rings. The molecule has 1 aromatic heterocycles. The first-order valence-corrected chi connectivity index (χ1v) is 10.2. The summed E-state index contributed by atoms with van der Waals surface area (Å²) >= 11 is 0.